The Morgan fingerprint density at radius 2 is 2.08 bits per heavy atom. The van der Waals surface area contributed by atoms with E-state index in [2.05, 4.69) is 26.2 Å². The summed E-state index contributed by atoms with van der Waals surface area (Å²) in [6.07, 6.45) is 1.64. The van der Waals surface area contributed by atoms with Gasteiger partial charge in [0.05, 0.1) is 6.04 Å². The van der Waals surface area contributed by atoms with Gasteiger partial charge in [0, 0.05) is 35.3 Å². The molecule has 1 saturated heterocycles. The molecule has 1 amide bonds. The molecule has 1 atom stereocenters. The molecule has 1 aromatic heterocycles. The van der Waals surface area contributed by atoms with Crippen LogP contribution < -0.4 is 5.32 Å². The van der Waals surface area contributed by atoms with Crippen LogP contribution in [0.15, 0.2) is 47.1 Å². The summed E-state index contributed by atoms with van der Waals surface area (Å²) in [5, 5.41) is 4.01. The molecule has 1 aliphatic rings. The van der Waals surface area contributed by atoms with Crippen LogP contribution in [-0.4, -0.2) is 35.4 Å². The van der Waals surface area contributed by atoms with Gasteiger partial charge in [-0.25, -0.2) is 4.98 Å². The third kappa shape index (κ3) is 4.83. The number of carbonyl (C=O) groups excluding carboxylic acids is 1. The molecule has 0 bridgehead atoms. The summed E-state index contributed by atoms with van der Waals surface area (Å²) >= 11 is 9.42. The van der Waals surface area contributed by atoms with Gasteiger partial charge in [-0.2, -0.15) is 0 Å². The van der Waals surface area contributed by atoms with Crippen LogP contribution in [0.25, 0.3) is 0 Å². The molecule has 2 aromatic rings. The highest BCUT2D eigenvalue weighted by atomic mass is 79.9. The third-order valence-electron chi connectivity index (χ3n) is 3.68. The molecule has 0 aliphatic carbocycles. The van der Waals surface area contributed by atoms with Gasteiger partial charge >= 0.3 is 0 Å². The van der Waals surface area contributed by atoms with E-state index in [1.807, 2.05) is 35.2 Å². The van der Waals surface area contributed by atoms with E-state index in [0.717, 1.165) is 16.6 Å². The normalized spacial score (nSPS) is 16.8. The van der Waals surface area contributed by atoms with Crippen molar-refractivity contribution in [3.8, 4) is 0 Å². The van der Waals surface area contributed by atoms with Crippen molar-refractivity contribution < 1.29 is 4.79 Å². The highest BCUT2D eigenvalue weighted by Gasteiger charge is 2.29. The van der Waals surface area contributed by atoms with E-state index in [9.17, 15) is 4.79 Å². The van der Waals surface area contributed by atoms with E-state index in [4.69, 9.17) is 11.6 Å². The average Bonchev–Trinajstić information content (AvgIpc) is 2.55. The Bertz CT molecular complexity index is 685. The summed E-state index contributed by atoms with van der Waals surface area (Å²) in [6.45, 7) is 2.13. The van der Waals surface area contributed by atoms with Crippen molar-refractivity contribution in [1.29, 1.82) is 0 Å². The van der Waals surface area contributed by atoms with Gasteiger partial charge < -0.3 is 10.2 Å². The summed E-state index contributed by atoms with van der Waals surface area (Å²) in [6, 6.07) is 11.2. The number of nitrogens with one attached hydrogen (secondary N) is 1. The fourth-order valence-electron chi connectivity index (χ4n) is 2.61. The number of rotatable bonds is 2. The quantitative estimate of drug-likeness (QED) is 0.744. The van der Waals surface area contributed by atoms with Gasteiger partial charge in [-0.05, 0) is 45.8 Å². The second-order valence-electron chi connectivity index (χ2n) is 5.14. The van der Waals surface area contributed by atoms with Gasteiger partial charge in [0.1, 0.15) is 5.69 Å². The lowest BCUT2D eigenvalue weighted by Crippen LogP contribution is -2.48. The van der Waals surface area contributed by atoms with E-state index in [1.54, 1.807) is 12.3 Å². The van der Waals surface area contributed by atoms with Crippen molar-refractivity contribution in [3.63, 3.8) is 0 Å². The second-order valence-corrected chi connectivity index (χ2v) is 6.49. The molecule has 2 heterocycles. The number of carbonyl (C=O) groups is 1. The number of hydrogen-bond acceptors (Lipinski definition) is 3. The molecule has 8 heteroatoms. The molecule has 0 radical (unpaired) electrons. The molecule has 24 heavy (non-hydrogen) atoms. The Balaban J connectivity index is 0.00000144. The summed E-state index contributed by atoms with van der Waals surface area (Å²) in [5.74, 6) is -0.0565. The first kappa shape index (κ1) is 21.2. The Morgan fingerprint density at radius 3 is 2.75 bits per heavy atom. The molecule has 1 aromatic carbocycles. The molecular formula is C16H17BrCl3N3O. The first-order chi connectivity index (χ1) is 10.6. The maximum atomic E-state index is 12.8. The molecule has 4 nitrogen and oxygen atoms in total. The minimum absolute atomic E-state index is 0. The number of nitrogens with zero attached hydrogens (tertiary/aromatic N) is 2. The van der Waals surface area contributed by atoms with Gasteiger partial charge in [0.15, 0.2) is 0 Å². The number of piperazine rings is 1. The Kier molecular flexibility index (Phi) is 8.46. The second kappa shape index (κ2) is 9.59. The topological polar surface area (TPSA) is 45.2 Å². The van der Waals surface area contributed by atoms with Crippen molar-refractivity contribution in [2.45, 2.75) is 6.04 Å². The number of hydrogen-bond donors (Lipinski definition) is 1. The fourth-order valence-corrected chi connectivity index (χ4v) is 3.04. The van der Waals surface area contributed by atoms with E-state index in [-0.39, 0.29) is 36.8 Å². The lowest BCUT2D eigenvalue weighted by molar-refractivity contribution is 0.0628. The lowest BCUT2D eigenvalue weighted by atomic mass is 10.0. The first-order valence-corrected chi connectivity index (χ1v) is 8.21. The van der Waals surface area contributed by atoms with Crippen LogP contribution in [0.4, 0.5) is 0 Å². The van der Waals surface area contributed by atoms with Crippen molar-refractivity contribution in [2.24, 2.45) is 0 Å². The molecule has 1 N–H and O–H groups in total. The van der Waals surface area contributed by atoms with Crippen molar-refractivity contribution in [3.05, 3.63) is 63.3 Å². The predicted octanol–water partition coefficient (Wildman–Crippen LogP) is 4.13. The summed E-state index contributed by atoms with van der Waals surface area (Å²) in [4.78, 5) is 18.8. The van der Waals surface area contributed by atoms with Gasteiger partial charge in [-0.15, -0.1) is 24.8 Å². The van der Waals surface area contributed by atoms with E-state index in [1.165, 1.54) is 0 Å². The zero-order chi connectivity index (χ0) is 15.5. The molecule has 1 aliphatic heterocycles. The van der Waals surface area contributed by atoms with E-state index >= 15 is 0 Å². The lowest BCUT2D eigenvalue weighted by Gasteiger charge is -2.36. The number of halogens is 4. The minimum atomic E-state index is -0.0565. The Hall–Kier alpha value is -0.850. The van der Waals surface area contributed by atoms with Gasteiger partial charge in [-0.3, -0.25) is 4.79 Å². The Labute approximate surface area is 166 Å². The summed E-state index contributed by atoms with van der Waals surface area (Å²) in [5.41, 5.74) is 1.49. The van der Waals surface area contributed by atoms with Gasteiger partial charge in [-0.1, -0.05) is 23.7 Å². The van der Waals surface area contributed by atoms with Crippen LogP contribution in [0.1, 0.15) is 22.1 Å². The SMILES string of the molecule is Cl.Cl.O=C(c1ccc(Br)cn1)N1CCNCC1c1cccc(Cl)c1. The average molecular weight is 454 g/mol. The number of aromatic nitrogens is 1. The molecular weight excluding hydrogens is 436 g/mol. The standard InChI is InChI=1S/C16H15BrClN3O.2ClH/c17-12-4-5-14(20-9-12)16(22)21-7-6-19-10-15(21)11-2-1-3-13(18)8-11;;/h1-5,8-9,15,19H,6-7,10H2;2*1H. The maximum absolute atomic E-state index is 12.8. The zero-order valence-electron chi connectivity index (χ0n) is 12.6. The monoisotopic (exact) mass is 451 g/mol. The predicted molar refractivity (Wildman–Crippen MR) is 105 cm³/mol. The van der Waals surface area contributed by atoms with Crippen molar-refractivity contribution >= 4 is 58.3 Å². The molecule has 1 unspecified atom stereocenters. The van der Waals surface area contributed by atoms with Crippen molar-refractivity contribution in [2.75, 3.05) is 19.6 Å². The highest BCUT2D eigenvalue weighted by Crippen LogP contribution is 2.26. The minimum Gasteiger partial charge on any atom is -0.328 e. The molecule has 3 rings (SSSR count). The van der Waals surface area contributed by atoms with Crippen LogP contribution in [-0.2, 0) is 0 Å². The van der Waals surface area contributed by atoms with Gasteiger partial charge in [0.2, 0.25) is 0 Å². The highest BCUT2D eigenvalue weighted by molar-refractivity contribution is 9.10. The number of pyridine rings is 1. The van der Waals surface area contributed by atoms with Crippen LogP contribution in [0.3, 0.4) is 0 Å². The zero-order valence-corrected chi connectivity index (χ0v) is 16.6. The van der Waals surface area contributed by atoms with Crippen LogP contribution in [0.2, 0.25) is 5.02 Å². The van der Waals surface area contributed by atoms with E-state index < -0.39 is 0 Å². The fraction of sp³-hybridized carbons (Fsp3) is 0.250. The van der Waals surface area contributed by atoms with Crippen LogP contribution in [0.5, 0.6) is 0 Å². The molecule has 130 valence electrons. The van der Waals surface area contributed by atoms with Crippen molar-refractivity contribution in [1.82, 2.24) is 15.2 Å². The molecule has 0 saturated carbocycles. The van der Waals surface area contributed by atoms with Gasteiger partial charge in [0.25, 0.3) is 5.91 Å². The number of benzene rings is 1. The van der Waals surface area contributed by atoms with Crippen LogP contribution >= 0.6 is 52.3 Å². The smallest absolute Gasteiger partial charge is 0.273 e. The third-order valence-corrected chi connectivity index (χ3v) is 4.39. The van der Waals surface area contributed by atoms with E-state index in [0.29, 0.717) is 23.8 Å². The summed E-state index contributed by atoms with van der Waals surface area (Å²) < 4.78 is 0.857. The largest absolute Gasteiger partial charge is 0.328 e. The van der Waals surface area contributed by atoms with Crippen LogP contribution in [0, 0.1) is 0 Å². The Morgan fingerprint density at radius 1 is 1.29 bits per heavy atom. The molecule has 0 spiro atoms. The number of amides is 1. The summed E-state index contributed by atoms with van der Waals surface area (Å²) in [7, 11) is 0. The molecule has 1 fully saturated rings. The maximum Gasteiger partial charge on any atom is 0.273 e. The first-order valence-electron chi connectivity index (χ1n) is 7.04.